The lowest BCUT2D eigenvalue weighted by atomic mass is 10.1. The van der Waals surface area contributed by atoms with Crippen molar-refractivity contribution >= 4 is 17.2 Å². The number of nitrogen functional groups attached to an aromatic ring is 1. The minimum atomic E-state index is 0.444. The first-order chi connectivity index (χ1) is 8.58. The molecule has 2 aromatic carbocycles. The summed E-state index contributed by atoms with van der Waals surface area (Å²) < 4.78 is 0. The number of hydrogen-bond acceptors (Lipinski definition) is 2. The molecular formula is C15H17N3. The maximum atomic E-state index is 6.00. The minimum absolute atomic E-state index is 0.444. The van der Waals surface area contributed by atoms with Crippen molar-refractivity contribution in [3.8, 4) is 0 Å². The first kappa shape index (κ1) is 12.2. The van der Waals surface area contributed by atoms with E-state index in [1.54, 1.807) is 0 Å². The summed E-state index contributed by atoms with van der Waals surface area (Å²) >= 11 is 0. The highest BCUT2D eigenvalue weighted by molar-refractivity contribution is 6.03. The Hall–Kier alpha value is -2.29. The summed E-state index contributed by atoms with van der Waals surface area (Å²) in [5.41, 5.74) is 16.5. The number of nitrogens with zero attached hydrogens (tertiary/aromatic N) is 1. The van der Waals surface area contributed by atoms with Crippen LogP contribution in [0.1, 0.15) is 16.7 Å². The normalized spacial score (nSPS) is 11.6. The number of amidine groups is 1. The topological polar surface area (TPSA) is 64.4 Å². The van der Waals surface area contributed by atoms with Gasteiger partial charge in [0.25, 0.3) is 0 Å². The Morgan fingerprint density at radius 3 is 2.44 bits per heavy atom. The lowest BCUT2D eigenvalue weighted by Gasteiger charge is -2.06. The zero-order valence-electron chi connectivity index (χ0n) is 10.6. The predicted octanol–water partition coefficient (Wildman–Crippen LogP) is 2.92. The van der Waals surface area contributed by atoms with E-state index in [2.05, 4.69) is 18.0 Å². The first-order valence-corrected chi connectivity index (χ1v) is 5.84. The largest absolute Gasteiger partial charge is 0.398 e. The van der Waals surface area contributed by atoms with Gasteiger partial charge in [0.15, 0.2) is 0 Å². The summed E-state index contributed by atoms with van der Waals surface area (Å²) in [6.45, 7) is 4.08. The van der Waals surface area contributed by atoms with Gasteiger partial charge in [0.05, 0.1) is 5.69 Å². The third kappa shape index (κ3) is 2.51. The summed E-state index contributed by atoms with van der Waals surface area (Å²) in [5.74, 6) is 0.444. The summed E-state index contributed by atoms with van der Waals surface area (Å²) in [4.78, 5) is 4.45. The smallest absolute Gasteiger partial charge is 0.133 e. The number of aryl methyl sites for hydroxylation is 2. The van der Waals surface area contributed by atoms with E-state index in [9.17, 15) is 0 Å². The predicted molar refractivity (Wildman–Crippen MR) is 77.2 cm³/mol. The molecule has 0 saturated carbocycles. The van der Waals surface area contributed by atoms with Crippen LogP contribution in [0.25, 0.3) is 0 Å². The van der Waals surface area contributed by atoms with Gasteiger partial charge in [0.2, 0.25) is 0 Å². The number of aliphatic imine (C=N–C) groups is 1. The molecule has 0 fully saturated rings. The van der Waals surface area contributed by atoms with Crippen LogP contribution in [0, 0.1) is 13.8 Å². The second-order valence-electron chi connectivity index (χ2n) is 4.37. The van der Waals surface area contributed by atoms with Gasteiger partial charge in [0.1, 0.15) is 5.84 Å². The van der Waals surface area contributed by atoms with Crippen LogP contribution in [-0.2, 0) is 0 Å². The number of para-hydroxylation sites is 1. The second kappa shape index (κ2) is 4.92. The van der Waals surface area contributed by atoms with Gasteiger partial charge in [-0.1, -0.05) is 29.8 Å². The zero-order chi connectivity index (χ0) is 13.1. The van der Waals surface area contributed by atoms with Crippen LogP contribution < -0.4 is 11.5 Å². The van der Waals surface area contributed by atoms with E-state index in [0.717, 1.165) is 16.8 Å². The molecule has 92 valence electrons. The van der Waals surface area contributed by atoms with Crippen molar-refractivity contribution in [2.75, 3.05) is 5.73 Å². The van der Waals surface area contributed by atoms with Gasteiger partial charge in [0, 0.05) is 11.3 Å². The van der Waals surface area contributed by atoms with Crippen molar-refractivity contribution in [2.45, 2.75) is 13.8 Å². The highest BCUT2D eigenvalue weighted by atomic mass is 14.9. The molecule has 2 aromatic rings. The van der Waals surface area contributed by atoms with E-state index in [1.165, 1.54) is 5.56 Å². The maximum Gasteiger partial charge on any atom is 0.133 e. The molecule has 0 bridgehead atoms. The molecule has 0 unspecified atom stereocenters. The maximum absolute atomic E-state index is 6.00. The number of rotatable bonds is 2. The molecule has 3 nitrogen and oxygen atoms in total. The fourth-order valence-corrected chi connectivity index (χ4v) is 1.85. The van der Waals surface area contributed by atoms with Crippen LogP contribution in [0.15, 0.2) is 47.5 Å². The van der Waals surface area contributed by atoms with Gasteiger partial charge in [-0.05, 0) is 37.6 Å². The van der Waals surface area contributed by atoms with E-state index in [4.69, 9.17) is 11.5 Å². The van der Waals surface area contributed by atoms with Crippen molar-refractivity contribution in [3.05, 3.63) is 59.2 Å². The van der Waals surface area contributed by atoms with Crippen LogP contribution in [-0.4, -0.2) is 5.84 Å². The van der Waals surface area contributed by atoms with E-state index in [0.29, 0.717) is 11.5 Å². The number of anilines is 1. The molecule has 0 radical (unpaired) electrons. The van der Waals surface area contributed by atoms with Crippen molar-refractivity contribution in [1.29, 1.82) is 0 Å². The zero-order valence-corrected chi connectivity index (χ0v) is 10.6. The summed E-state index contributed by atoms with van der Waals surface area (Å²) in [5, 5.41) is 0. The van der Waals surface area contributed by atoms with Gasteiger partial charge < -0.3 is 11.5 Å². The van der Waals surface area contributed by atoms with Gasteiger partial charge in [-0.25, -0.2) is 4.99 Å². The molecule has 0 aromatic heterocycles. The SMILES string of the molecule is Cc1ccc(N=C(N)c2ccccc2N)c(C)c1. The summed E-state index contributed by atoms with van der Waals surface area (Å²) in [6, 6.07) is 13.5. The Labute approximate surface area is 107 Å². The van der Waals surface area contributed by atoms with Crippen molar-refractivity contribution in [2.24, 2.45) is 10.7 Å². The third-order valence-electron chi connectivity index (χ3n) is 2.83. The Morgan fingerprint density at radius 1 is 1.06 bits per heavy atom. The van der Waals surface area contributed by atoms with E-state index < -0.39 is 0 Å². The van der Waals surface area contributed by atoms with E-state index >= 15 is 0 Å². The Morgan fingerprint density at radius 2 is 1.78 bits per heavy atom. The Balaban J connectivity index is 2.42. The molecule has 0 aliphatic rings. The standard InChI is InChI=1S/C15H17N3/c1-10-7-8-14(11(2)9-10)18-15(17)12-5-3-4-6-13(12)16/h3-9H,16H2,1-2H3,(H2,17,18). The average Bonchev–Trinajstić information content (AvgIpc) is 2.33. The average molecular weight is 239 g/mol. The van der Waals surface area contributed by atoms with Gasteiger partial charge in [-0.3, -0.25) is 0 Å². The van der Waals surface area contributed by atoms with Gasteiger partial charge in [-0.2, -0.15) is 0 Å². The van der Waals surface area contributed by atoms with Crippen molar-refractivity contribution in [3.63, 3.8) is 0 Å². The van der Waals surface area contributed by atoms with E-state index in [1.807, 2.05) is 43.3 Å². The third-order valence-corrected chi connectivity index (χ3v) is 2.83. The van der Waals surface area contributed by atoms with Crippen LogP contribution in [0.5, 0.6) is 0 Å². The van der Waals surface area contributed by atoms with Crippen molar-refractivity contribution < 1.29 is 0 Å². The molecule has 0 atom stereocenters. The molecule has 2 rings (SSSR count). The fourth-order valence-electron chi connectivity index (χ4n) is 1.85. The van der Waals surface area contributed by atoms with Gasteiger partial charge in [-0.15, -0.1) is 0 Å². The highest BCUT2D eigenvalue weighted by Gasteiger charge is 2.04. The van der Waals surface area contributed by atoms with Crippen LogP contribution in [0.2, 0.25) is 0 Å². The summed E-state index contributed by atoms with van der Waals surface area (Å²) in [6.07, 6.45) is 0. The lowest BCUT2D eigenvalue weighted by molar-refractivity contribution is 1.33. The molecule has 18 heavy (non-hydrogen) atoms. The Kier molecular flexibility index (Phi) is 3.33. The molecule has 0 saturated heterocycles. The number of nitrogens with two attached hydrogens (primary N) is 2. The molecule has 0 spiro atoms. The quantitative estimate of drug-likeness (QED) is 0.481. The first-order valence-electron chi connectivity index (χ1n) is 5.84. The number of benzene rings is 2. The lowest BCUT2D eigenvalue weighted by Crippen LogP contribution is -2.14. The molecule has 0 heterocycles. The molecule has 0 amide bonds. The fraction of sp³-hybridized carbons (Fsp3) is 0.133. The molecule has 4 N–H and O–H groups in total. The molecular weight excluding hydrogens is 222 g/mol. The molecule has 0 aliphatic carbocycles. The summed E-state index contributed by atoms with van der Waals surface area (Å²) in [7, 11) is 0. The monoisotopic (exact) mass is 239 g/mol. The number of hydrogen-bond donors (Lipinski definition) is 2. The second-order valence-corrected chi connectivity index (χ2v) is 4.37. The van der Waals surface area contributed by atoms with Crippen LogP contribution in [0.3, 0.4) is 0 Å². The Bertz CT molecular complexity index is 600. The highest BCUT2D eigenvalue weighted by Crippen LogP contribution is 2.21. The van der Waals surface area contributed by atoms with Crippen LogP contribution >= 0.6 is 0 Å². The van der Waals surface area contributed by atoms with Crippen molar-refractivity contribution in [1.82, 2.24) is 0 Å². The van der Waals surface area contributed by atoms with E-state index in [-0.39, 0.29) is 0 Å². The minimum Gasteiger partial charge on any atom is -0.398 e. The molecule has 3 heteroatoms. The van der Waals surface area contributed by atoms with Crippen LogP contribution in [0.4, 0.5) is 11.4 Å². The van der Waals surface area contributed by atoms with Gasteiger partial charge >= 0.3 is 0 Å². The molecule has 0 aliphatic heterocycles.